The number of hydrogen-bond acceptors (Lipinski definition) is 7. The molecule has 0 spiro atoms. The highest BCUT2D eigenvalue weighted by Crippen LogP contribution is 2.41. The number of fused-ring (bicyclic) bond motifs is 3. The number of methoxy groups -OCH3 is 1. The Morgan fingerprint density at radius 2 is 2.03 bits per heavy atom. The van der Waals surface area contributed by atoms with E-state index in [0.29, 0.717) is 21.8 Å². The van der Waals surface area contributed by atoms with E-state index in [1.54, 1.807) is 24.3 Å². The monoisotopic (exact) mass is 454 g/mol. The zero-order valence-electron chi connectivity index (χ0n) is 18.6. The lowest BCUT2D eigenvalue weighted by molar-refractivity contribution is -0.117. The normalized spacial score (nSPS) is 15.9. The second-order valence-corrected chi connectivity index (χ2v) is 10.2. The van der Waals surface area contributed by atoms with Gasteiger partial charge in [-0.15, -0.1) is 16.4 Å². The summed E-state index contributed by atoms with van der Waals surface area (Å²) in [5.74, 6) is -0.481. The second-order valence-electron chi connectivity index (χ2n) is 9.13. The Hall–Kier alpha value is -3.07. The van der Waals surface area contributed by atoms with Crippen LogP contribution in [0.1, 0.15) is 48.0 Å². The molecule has 4 rings (SSSR count). The third kappa shape index (κ3) is 4.17. The maximum atomic E-state index is 13.2. The fraction of sp³-hybridized carbons (Fsp3) is 0.435. The Bertz CT molecular complexity index is 1260. The fourth-order valence-electron chi connectivity index (χ4n) is 4.18. The number of thiophene rings is 1. The van der Waals surface area contributed by atoms with Gasteiger partial charge in [0.1, 0.15) is 6.54 Å². The highest BCUT2D eigenvalue weighted by molar-refractivity contribution is 7.18. The summed E-state index contributed by atoms with van der Waals surface area (Å²) in [5.41, 5.74) is 1.50. The summed E-state index contributed by atoms with van der Waals surface area (Å²) >= 11 is 1.53. The zero-order valence-corrected chi connectivity index (χ0v) is 19.4. The predicted octanol–water partition coefficient (Wildman–Crippen LogP) is 3.43. The molecule has 1 aliphatic carbocycles. The molecule has 1 amide bonds. The van der Waals surface area contributed by atoms with Crippen molar-refractivity contribution in [3.05, 3.63) is 50.6 Å². The number of hydrogen-bond donors (Lipinski definition) is 1. The van der Waals surface area contributed by atoms with Gasteiger partial charge in [-0.1, -0.05) is 38.1 Å². The van der Waals surface area contributed by atoms with Crippen molar-refractivity contribution in [3.63, 3.8) is 0 Å². The standard InChI is InChI=1S/C23H26N4O4S/c1-23(2,3)13-9-10-15-17(11-13)32-20-19(15)21(29)27(26-25-20)12-18(28)24-16-8-6-5-7-14(16)22(30)31-4/h5-8,13H,9-12H2,1-4H3,(H,24,28)/t13-/m1/s1. The molecule has 3 aromatic rings. The Labute approximate surface area is 189 Å². The lowest BCUT2D eigenvalue weighted by Crippen LogP contribution is -2.31. The van der Waals surface area contributed by atoms with Crippen LogP contribution in [0.4, 0.5) is 5.69 Å². The van der Waals surface area contributed by atoms with Crippen molar-refractivity contribution in [1.82, 2.24) is 15.0 Å². The molecular formula is C23H26N4O4S. The summed E-state index contributed by atoms with van der Waals surface area (Å²) < 4.78 is 5.83. The molecule has 8 nitrogen and oxygen atoms in total. The first-order valence-corrected chi connectivity index (χ1v) is 11.4. The Balaban J connectivity index is 1.59. The van der Waals surface area contributed by atoms with Crippen molar-refractivity contribution >= 4 is 39.1 Å². The highest BCUT2D eigenvalue weighted by atomic mass is 32.1. The van der Waals surface area contributed by atoms with E-state index in [9.17, 15) is 14.4 Å². The zero-order chi connectivity index (χ0) is 23.0. The smallest absolute Gasteiger partial charge is 0.339 e. The molecule has 0 radical (unpaired) electrons. The van der Waals surface area contributed by atoms with Crippen molar-refractivity contribution in [3.8, 4) is 0 Å². The number of aryl methyl sites for hydroxylation is 1. The van der Waals surface area contributed by atoms with Gasteiger partial charge in [-0.05, 0) is 48.3 Å². The van der Waals surface area contributed by atoms with E-state index in [4.69, 9.17) is 4.74 Å². The number of aromatic nitrogens is 3. The second kappa shape index (κ2) is 8.46. The summed E-state index contributed by atoms with van der Waals surface area (Å²) in [7, 11) is 1.27. The van der Waals surface area contributed by atoms with E-state index < -0.39 is 11.9 Å². The summed E-state index contributed by atoms with van der Waals surface area (Å²) in [6, 6.07) is 6.53. The quantitative estimate of drug-likeness (QED) is 0.606. The molecule has 9 heteroatoms. The van der Waals surface area contributed by atoms with Gasteiger partial charge in [0, 0.05) is 4.88 Å². The first-order chi connectivity index (χ1) is 15.2. The Morgan fingerprint density at radius 3 is 2.75 bits per heavy atom. The molecule has 1 aliphatic rings. The van der Waals surface area contributed by atoms with Gasteiger partial charge in [0.2, 0.25) is 5.91 Å². The molecule has 0 aliphatic heterocycles. The third-order valence-electron chi connectivity index (χ3n) is 6.06. The number of nitrogens with zero attached hydrogens (tertiary/aromatic N) is 3. The molecule has 168 valence electrons. The van der Waals surface area contributed by atoms with Crippen molar-refractivity contribution in [2.45, 2.75) is 46.6 Å². The van der Waals surface area contributed by atoms with Crippen LogP contribution in [-0.4, -0.2) is 34.0 Å². The van der Waals surface area contributed by atoms with E-state index in [1.165, 1.54) is 23.3 Å². The molecular weight excluding hydrogens is 428 g/mol. The summed E-state index contributed by atoms with van der Waals surface area (Å²) in [6.07, 6.45) is 2.79. The maximum absolute atomic E-state index is 13.2. The minimum atomic E-state index is -0.558. The summed E-state index contributed by atoms with van der Waals surface area (Å²) in [6.45, 7) is 6.45. The fourth-order valence-corrected chi connectivity index (χ4v) is 5.41. The molecule has 0 saturated heterocycles. The van der Waals surface area contributed by atoms with Crippen LogP contribution in [0.3, 0.4) is 0 Å². The van der Waals surface area contributed by atoms with Crippen LogP contribution in [-0.2, 0) is 28.9 Å². The van der Waals surface area contributed by atoms with Gasteiger partial charge in [0.25, 0.3) is 5.56 Å². The highest BCUT2D eigenvalue weighted by Gasteiger charge is 2.32. The van der Waals surface area contributed by atoms with Crippen LogP contribution in [0.5, 0.6) is 0 Å². The molecule has 1 N–H and O–H groups in total. The van der Waals surface area contributed by atoms with E-state index in [-0.39, 0.29) is 23.1 Å². The number of anilines is 1. The van der Waals surface area contributed by atoms with Crippen LogP contribution < -0.4 is 10.9 Å². The molecule has 0 unspecified atom stereocenters. The van der Waals surface area contributed by atoms with Gasteiger partial charge in [-0.2, -0.15) is 0 Å². The van der Waals surface area contributed by atoms with E-state index in [2.05, 4.69) is 36.4 Å². The van der Waals surface area contributed by atoms with E-state index >= 15 is 0 Å². The average molecular weight is 455 g/mol. The van der Waals surface area contributed by atoms with E-state index in [0.717, 1.165) is 29.5 Å². The lowest BCUT2D eigenvalue weighted by Gasteiger charge is -2.33. The van der Waals surface area contributed by atoms with Gasteiger partial charge in [-0.25, -0.2) is 9.48 Å². The molecule has 1 aromatic carbocycles. The number of para-hydroxylation sites is 1. The minimum Gasteiger partial charge on any atom is -0.465 e. The lowest BCUT2D eigenvalue weighted by atomic mass is 9.72. The molecule has 1 atom stereocenters. The number of carbonyl (C=O) groups is 2. The largest absolute Gasteiger partial charge is 0.465 e. The molecule has 2 aromatic heterocycles. The van der Waals surface area contributed by atoms with Crippen LogP contribution in [0.25, 0.3) is 10.2 Å². The number of amides is 1. The van der Waals surface area contributed by atoms with Gasteiger partial charge < -0.3 is 10.1 Å². The van der Waals surface area contributed by atoms with Crippen molar-refractivity contribution in [2.24, 2.45) is 11.3 Å². The van der Waals surface area contributed by atoms with Gasteiger partial charge in [0.15, 0.2) is 4.83 Å². The number of rotatable bonds is 4. The van der Waals surface area contributed by atoms with Crippen molar-refractivity contribution < 1.29 is 14.3 Å². The van der Waals surface area contributed by atoms with Crippen LogP contribution in [0, 0.1) is 11.3 Å². The Morgan fingerprint density at radius 1 is 1.28 bits per heavy atom. The molecule has 0 saturated carbocycles. The first-order valence-electron chi connectivity index (χ1n) is 10.5. The number of esters is 1. The SMILES string of the molecule is COC(=O)c1ccccc1NC(=O)Cn1nnc2sc3c(c2c1=O)CC[C@@H](C(C)(C)C)C3. The van der Waals surface area contributed by atoms with Crippen molar-refractivity contribution in [2.75, 3.05) is 12.4 Å². The maximum Gasteiger partial charge on any atom is 0.339 e. The number of carbonyl (C=O) groups excluding carboxylic acids is 2. The van der Waals surface area contributed by atoms with Crippen LogP contribution in [0.2, 0.25) is 0 Å². The van der Waals surface area contributed by atoms with Crippen molar-refractivity contribution in [1.29, 1.82) is 0 Å². The minimum absolute atomic E-state index is 0.207. The van der Waals surface area contributed by atoms with Gasteiger partial charge in [0.05, 0.1) is 23.7 Å². The first kappa shape index (κ1) is 22.1. The molecule has 0 bridgehead atoms. The summed E-state index contributed by atoms with van der Waals surface area (Å²) in [4.78, 5) is 39.5. The molecule has 32 heavy (non-hydrogen) atoms. The topological polar surface area (TPSA) is 103 Å². The molecule has 2 heterocycles. The average Bonchev–Trinajstić information content (AvgIpc) is 3.13. The number of nitrogens with one attached hydrogen (secondary N) is 1. The summed E-state index contributed by atoms with van der Waals surface area (Å²) in [5, 5.41) is 11.5. The third-order valence-corrected chi connectivity index (χ3v) is 7.20. The van der Waals surface area contributed by atoms with E-state index in [1.807, 2.05) is 0 Å². The predicted molar refractivity (Wildman–Crippen MR) is 123 cm³/mol. The van der Waals surface area contributed by atoms with Gasteiger partial charge >= 0.3 is 5.97 Å². The van der Waals surface area contributed by atoms with Gasteiger partial charge in [-0.3, -0.25) is 9.59 Å². The molecule has 0 fully saturated rings. The Kier molecular flexibility index (Phi) is 5.85. The van der Waals surface area contributed by atoms with Crippen LogP contribution >= 0.6 is 11.3 Å². The van der Waals surface area contributed by atoms with Crippen LogP contribution in [0.15, 0.2) is 29.1 Å². The number of benzene rings is 1. The number of ether oxygens (including phenoxy) is 1.